The van der Waals surface area contributed by atoms with E-state index in [0.29, 0.717) is 24.7 Å². The Labute approximate surface area is 268 Å². The van der Waals surface area contributed by atoms with E-state index in [2.05, 4.69) is 13.8 Å². The van der Waals surface area contributed by atoms with Crippen molar-refractivity contribution in [2.24, 2.45) is 11.5 Å². The highest BCUT2D eigenvalue weighted by molar-refractivity contribution is 8.76. The molecule has 0 aliphatic carbocycles. The third kappa shape index (κ3) is 29.6. The molecule has 0 fully saturated rings. The largest absolute Gasteiger partial charge is 0.465 e. The number of hydrogen-bond acceptors (Lipinski definition) is 8. The fourth-order valence-corrected chi connectivity index (χ4v) is 7.04. The number of esters is 2. The van der Waals surface area contributed by atoms with E-state index in [0.717, 1.165) is 25.7 Å². The predicted octanol–water partition coefficient (Wildman–Crippen LogP) is 9.51. The van der Waals surface area contributed by atoms with E-state index in [9.17, 15) is 9.59 Å². The van der Waals surface area contributed by atoms with Crippen LogP contribution in [0.25, 0.3) is 0 Å². The summed E-state index contributed by atoms with van der Waals surface area (Å²) in [6.07, 6.45) is 30.7. The number of rotatable bonds is 33. The van der Waals surface area contributed by atoms with Crippen molar-refractivity contribution in [1.82, 2.24) is 0 Å². The zero-order chi connectivity index (χ0) is 30.9. The average molecular weight is 633 g/mol. The van der Waals surface area contributed by atoms with Crippen molar-refractivity contribution in [1.29, 1.82) is 0 Å². The van der Waals surface area contributed by atoms with Crippen molar-refractivity contribution in [2.45, 2.75) is 180 Å². The summed E-state index contributed by atoms with van der Waals surface area (Å²) in [5.74, 6) is 0.167. The van der Waals surface area contributed by atoms with Crippen LogP contribution in [-0.4, -0.2) is 48.7 Å². The van der Waals surface area contributed by atoms with Crippen LogP contribution in [0.15, 0.2) is 0 Å². The molecule has 2 atom stereocenters. The molecule has 0 saturated heterocycles. The Hall–Kier alpha value is -0.440. The molecular weight excluding hydrogens is 565 g/mol. The third-order valence-corrected chi connectivity index (χ3v) is 10.1. The SMILES string of the molecule is CCCCCCCCCCCCCCOC(=O)C(N)CSSC[C@H](N)C(=O)OCCCCCCCCCCCCCC. The zero-order valence-corrected chi connectivity index (χ0v) is 29.2. The number of unbranched alkanes of at least 4 members (excludes halogenated alkanes) is 22. The summed E-state index contributed by atoms with van der Waals surface area (Å²) in [4.78, 5) is 24.2. The van der Waals surface area contributed by atoms with Crippen molar-refractivity contribution < 1.29 is 19.1 Å². The molecule has 8 heteroatoms. The average Bonchev–Trinajstić information content (AvgIpc) is 2.99. The number of carbonyl (C=O) groups excluding carboxylic acids is 2. The number of nitrogens with two attached hydrogens (primary N) is 2. The summed E-state index contributed by atoms with van der Waals surface area (Å²) in [7, 11) is 2.90. The van der Waals surface area contributed by atoms with E-state index < -0.39 is 12.1 Å². The molecule has 0 aliphatic rings. The number of hydrogen-bond donors (Lipinski definition) is 2. The van der Waals surface area contributed by atoms with E-state index in [1.807, 2.05) is 0 Å². The van der Waals surface area contributed by atoms with Crippen LogP contribution in [0.1, 0.15) is 168 Å². The third-order valence-electron chi connectivity index (χ3n) is 7.67. The standard InChI is InChI=1S/C34H68N2O4S2/c1-3-5-7-9-11-13-15-17-19-21-23-25-27-39-33(37)31(35)29-41-42-30-32(36)34(38)40-28-26-24-22-20-18-16-14-12-10-8-6-4-2/h31-32H,3-30,35-36H2,1-2H3/t31-,32?/m0/s1. The maximum absolute atomic E-state index is 12.1. The van der Waals surface area contributed by atoms with Gasteiger partial charge in [0, 0.05) is 11.5 Å². The molecule has 0 heterocycles. The van der Waals surface area contributed by atoms with Gasteiger partial charge in [-0.25, -0.2) is 0 Å². The minimum Gasteiger partial charge on any atom is -0.465 e. The van der Waals surface area contributed by atoms with Crippen LogP contribution in [0.5, 0.6) is 0 Å². The van der Waals surface area contributed by atoms with Crippen LogP contribution in [0.2, 0.25) is 0 Å². The van der Waals surface area contributed by atoms with Crippen LogP contribution in [0.4, 0.5) is 0 Å². The van der Waals surface area contributed by atoms with Crippen molar-refractivity contribution in [3.05, 3.63) is 0 Å². The molecule has 0 bridgehead atoms. The van der Waals surface area contributed by atoms with Gasteiger partial charge in [0.2, 0.25) is 0 Å². The Balaban J connectivity index is 3.51. The van der Waals surface area contributed by atoms with Crippen molar-refractivity contribution in [3.63, 3.8) is 0 Å². The van der Waals surface area contributed by atoms with Gasteiger partial charge in [0.25, 0.3) is 0 Å². The molecule has 0 amide bonds. The number of ether oxygens (including phenoxy) is 2. The smallest absolute Gasteiger partial charge is 0.323 e. The van der Waals surface area contributed by atoms with Gasteiger partial charge in [-0.15, -0.1) is 0 Å². The van der Waals surface area contributed by atoms with Gasteiger partial charge in [-0.05, 0) is 12.8 Å². The number of carbonyl (C=O) groups is 2. The summed E-state index contributed by atoms with van der Waals surface area (Å²) in [6, 6.07) is -1.32. The molecular formula is C34H68N2O4S2. The van der Waals surface area contributed by atoms with E-state index >= 15 is 0 Å². The highest BCUT2D eigenvalue weighted by atomic mass is 33.1. The second kappa shape index (κ2) is 33.5. The predicted molar refractivity (Wildman–Crippen MR) is 185 cm³/mol. The van der Waals surface area contributed by atoms with Gasteiger partial charge >= 0.3 is 11.9 Å². The van der Waals surface area contributed by atoms with Crippen LogP contribution in [-0.2, 0) is 19.1 Å². The fraction of sp³-hybridized carbons (Fsp3) is 0.941. The van der Waals surface area contributed by atoms with Gasteiger partial charge in [-0.1, -0.05) is 177 Å². The Morgan fingerprint density at radius 3 is 0.952 bits per heavy atom. The van der Waals surface area contributed by atoms with Gasteiger partial charge in [0.15, 0.2) is 0 Å². The molecule has 0 aromatic heterocycles. The molecule has 4 N–H and O–H groups in total. The summed E-state index contributed by atoms with van der Waals surface area (Å²) in [5, 5.41) is 0. The summed E-state index contributed by atoms with van der Waals surface area (Å²) >= 11 is 0. The lowest BCUT2D eigenvalue weighted by atomic mass is 10.1. The normalized spacial score (nSPS) is 12.8. The first-order valence-electron chi connectivity index (χ1n) is 17.6. The highest BCUT2D eigenvalue weighted by Gasteiger charge is 2.18. The maximum atomic E-state index is 12.1. The molecule has 0 aromatic carbocycles. The van der Waals surface area contributed by atoms with E-state index in [1.165, 1.54) is 150 Å². The summed E-state index contributed by atoms with van der Waals surface area (Å²) in [5.41, 5.74) is 11.9. The minimum atomic E-state index is -0.659. The first-order chi connectivity index (χ1) is 20.5. The van der Waals surface area contributed by atoms with Gasteiger partial charge < -0.3 is 20.9 Å². The molecule has 42 heavy (non-hydrogen) atoms. The molecule has 0 saturated carbocycles. The Morgan fingerprint density at radius 2 is 0.690 bits per heavy atom. The van der Waals surface area contributed by atoms with Gasteiger partial charge in [-0.2, -0.15) is 0 Å². The monoisotopic (exact) mass is 632 g/mol. The first-order valence-corrected chi connectivity index (χ1v) is 20.1. The lowest BCUT2D eigenvalue weighted by Gasteiger charge is -2.13. The Kier molecular flexibility index (Phi) is 33.1. The minimum absolute atomic E-state index is 0.350. The lowest BCUT2D eigenvalue weighted by Crippen LogP contribution is -2.35. The molecule has 1 unspecified atom stereocenters. The van der Waals surface area contributed by atoms with E-state index in [1.54, 1.807) is 0 Å². The fourth-order valence-electron chi connectivity index (χ4n) is 4.82. The van der Waals surface area contributed by atoms with Crippen LogP contribution in [0, 0.1) is 0 Å². The van der Waals surface area contributed by atoms with Gasteiger partial charge in [0.05, 0.1) is 13.2 Å². The van der Waals surface area contributed by atoms with Crippen LogP contribution < -0.4 is 11.5 Å². The Morgan fingerprint density at radius 1 is 0.452 bits per heavy atom. The quantitative estimate of drug-likeness (QED) is 0.0419. The van der Waals surface area contributed by atoms with Crippen molar-refractivity contribution in [3.8, 4) is 0 Å². The highest BCUT2D eigenvalue weighted by Crippen LogP contribution is 2.23. The van der Waals surface area contributed by atoms with Gasteiger partial charge in [-0.3, -0.25) is 9.59 Å². The van der Waals surface area contributed by atoms with E-state index in [4.69, 9.17) is 20.9 Å². The second-order valence-electron chi connectivity index (χ2n) is 11.9. The van der Waals surface area contributed by atoms with E-state index in [-0.39, 0.29) is 11.9 Å². The lowest BCUT2D eigenvalue weighted by molar-refractivity contribution is -0.145. The van der Waals surface area contributed by atoms with Crippen molar-refractivity contribution in [2.75, 3.05) is 24.7 Å². The summed E-state index contributed by atoms with van der Waals surface area (Å²) < 4.78 is 10.7. The molecule has 0 radical (unpaired) electrons. The topological polar surface area (TPSA) is 105 Å². The molecule has 0 spiro atoms. The molecule has 6 nitrogen and oxygen atoms in total. The summed E-state index contributed by atoms with van der Waals surface area (Å²) in [6.45, 7) is 5.40. The molecule has 0 rings (SSSR count). The molecule has 250 valence electrons. The van der Waals surface area contributed by atoms with Crippen LogP contribution in [0.3, 0.4) is 0 Å². The maximum Gasteiger partial charge on any atom is 0.323 e. The molecule has 0 aromatic rings. The van der Waals surface area contributed by atoms with Crippen molar-refractivity contribution >= 4 is 33.5 Å². The first kappa shape index (κ1) is 41.6. The van der Waals surface area contributed by atoms with Gasteiger partial charge in [0.1, 0.15) is 12.1 Å². The Bertz CT molecular complexity index is 548. The van der Waals surface area contributed by atoms with Crippen LogP contribution >= 0.6 is 21.6 Å². The zero-order valence-electron chi connectivity index (χ0n) is 27.6. The molecule has 0 aliphatic heterocycles. The second-order valence-corrected chi connectivity index (χ2v) is 14.4.